The van der Waals surface area contributed by atoms with Gasteiger partial charge < -0.3 is 25.8 Å². The van der Waals surface area contributed by atoms with Gasteiger partial charge in [-0.25, -0.2) is 9.59 Å². The second kappa shape index (κ2) is 7.73. The van der Waals surface area contributed by atoms with E-state index in [-0.39, 0.29) is 30.2 Å². The van der Waals surface area contributed by atoms with Crippen molar-refractivity contribution in [1.82, 2.24) is 10.6 Å². The molecule has 0 aliphatic heterocycles. The van der Waals surface area contributed by atoms with E-state index >= 15 is 0 Å². The molecular weight excluding hydrogens is 278 g/mol. The van der Waals surface area contributed by atoms with Crippen LogP contribution in [0.1, 0.15) is 16.8 Å². The Morgan fingerprint density at radius 3 is 2.57 bits per heavy atom. The van der Waals surface area contributed by atoms with E-state index in [0.717, 1.165) is 0 Å². The lowest BCUT2D eigenvalue weighted by molar-refractivity contribution is -0.120. The number of hydrogen-bond donors (Lipinski definition) is 4. The summed E-state index contributed by atoms with van der Waals surface area (Å²) in [5.41, 5.74) is 0.386. The quantitative estimate of drug-likeness (QED) is 0.615. The zero-order valence-electron chi connectivity index (χ0n) is 11.7. The first-order valence-electron chi connectivity index (χ1n) is 6.14. The van der Waals surface area contributed by atoms with E-state index in [4.69, 9.17) is 9.84 Å². The van der Waals surface area contributed by atoms with Crippen LogP contribution in [0.15, 0.2) is 18.2 Å². The number of benzene rings is 1. The number of anilines is 1. The summed E-state index contributed by atoms with van der Waals surface area (Å²) in [6.07, 6.45) is 0.172. The van der Waals surface area contributed by atoms with Gasteiger partial charge in [-0.1, -0.05) is 0 Å². The fraction of sp³-hybridized carbons (Fsp3) is 0.308. The van der Waals surface area contributed by atoms with Gasteiger partial charge in [0.15, 0.2) is 0 Å². The normalized spacial score (nSPS) is 9.62. The van der Waals surface area contributed by atoms with E-state index < -0.39 is 12.0 Å². The number of carbonyl (C=O) groups is 3. The van der Waals surface area contributed by atoms with Crippen molar-refractivity contribution in [3.63, 3.8) is 0 Å². The van der Waals surface area contributed by atoms with Crippen molar-refractivity contribution >= 4 is 23.6 Å². The molecular formula is C13H17N3O5. The number of ether oxygens (including phenoxy) is 1. The molecule has 0 atom stereocenters. The Balaban J connectivity index is 2.60. The summed E-state index contributed by atoms with van der Waals surface area (Å²) < 4.78 is 4.95. The first-order valence-corrected chi connectivity index (χ1v) is 6.14. The van der Waals surface area contributed by atoms with Crippen LogP contribution in [-0.2, 0) is 4.79 Å². The monoisotopic (exact) mass is 295 g/mol. The molecule has 0 saturated carbocycles. The predicted octanol–water partition coefficient (Wildman–Crippen LogP) is 0.651. The van der Waals surface area contributed by atoms with Crippen molar-refractivity contribution in [3.8, 4) is 5.75 Å². The van der Waals surface area contributed by atoms with Gasteiger partial charge >= 0.3 is 12.0 Å². The van der Waals surface area contributed by atoms with Crippen LogP contribution in [0.5, 0.6) is 5.75 Å². The summed E-state index contributed by atoms with van der Waals surface area (Å²) in [6, 6.07) is 3.69. The molecule has 1 aromatic rings. The fourth-order valence-corrected chi connectivity index (χ4v) is 1.54. The lowest BCUT2D eigenvalue weighted by atomic mass is 10.2. The van der Waals surface area contributed by atoms with Crippen LogP contribution >= 0.6 is 0 Å². The molecule has 0 bridgehead atoms. The van der Waals surface area contributed by atoms with E-state index in [1.54, 1.807) is 0 Å². The van der Waals surface area contributed by atoms with Crippen LogP contribution in [0, 0.1) is 0 Å². The fourth-order valence-electron chi connectivity index (χ4n) is 1.54. The van der Waals surface area contributed by atoms with E-state index in [0.29, 0.717) is 5.69 Å². The minimum atomic E-state index is -1.12. The first-order chi connectivity index (χ1) is 9.97. The number of hydrogen-bond acceptors (Lipinski definition) is 4. The summed E-state index contributed by atoms with van der Waals surface area (Å²) >= 11 is 0. The summed E-state index contributed by atoms with van der Waals surface area (Å²) in [4.78, 5) is 33.5. The van der Waals surface area contributed by atoms with Gasteiger partial charge in [-0.3, -0.25) is 4.79 Å². The highest BCUT2D eigenvalue weighted by Crippen LogP contribution is 2.23. The molecule has 0 aliphatic carbocycles. The van der Waals surface area contributed by atoms with Gasteiger partial charge in [0.05, 0.1) is 7.11 Å². The first kappa shape index (κ1) is 16.3. The average molecular weight is 295 g/mol. The maximum absolute atomic E-state index is 11.6. The van der Waals surface area contributed by atoms with Crippen molar-refractivity contribution in [1.29, 1.82) is 0 Å². The summed E-state index contributed by atoms with van der Waals surface area (Å²) in [5.74, 6) is -1.15. The van der Waals surface area contributed by atoms with Gasteiger partial charge in [-0.2, -0.15) is 0 Å². The minimum Gasteiger partial charge on any atom is -0.496 e. The molecule has 8 heteroatoms. The SMILES string of the molecule is CNC(=O)CCNC(=O)Nc1ccc(C(=O)O)c(OC)c1. The van der Waals surface area contributed by atoms with Gasteiger partial charge in [-0.05, 0) is 12.1 Å². The van der Waals surface area contributed by atoms with Crippen LogP contribution in [-0.4, -0.2) is 43.7 Å². The predicted molar refractivity (Wildman–Crippen MR) is 75.7 cm³/mol. The summed E-state index contributed by atoms with van der Waals surface area (Å²) in [7, 11) is 2.85. The van der Waals surface area contributed by atoms with E-state index in [9.17, 15) is 14.4 Å². The lowest BCUT2D eigenvalue weighted by Gasteiger charge is -2.10. The molecule has 21 heavy (non-hydrogen) atoms. The van der Waals surface area contributed by atoms with Gasteiger partial charge in [0.25, 0.3) is 0 Å². The van der Waals surface area contributed by atoms with Gasteiger partial charge in [0.2, 0.25) is 5.91 Å². The number of carboxylic acids is 1. The van der Waals surface area contributed by atoms with Crippen LogP contribution in [0.25, 0.3) is 0 Å². The third-order valence-electron chi connectivity index (χ3n) is 2.61. The highest BCUT2D eigenvalue weighted by molar-refractivity contribution is 5.94. The molecule has 0 fully saturated rings. The Kier molecular flexibility index (Phi) is 5.99. The van der Waals surface area contributed by atoms with Gasteiger partial charge in [0, 0.05) is 31.8 Å². The Morgan fingerprint density at radius 2 is 2.00 bits per heavy atom. The minimum absolute atomic E-state index is 0.00285. The van der Waals surface area contributed by atoms with Crippen molar-refractivity contribution in [2.45, 2.75) is 6.42 Å². The zero-order chi connectivity index (χ0) is 15.8. The van der Waals surface area contributed by atoms with Gasteiger partial charge in [-0.15, -0.1) is 0 Å². The molecule has 8 nitrogen and oxygen atoms in total. The van der Waals surface area contributed by atoms with Crippen molar-refractivity contribution in [3.05, 3.63) is 23.8 Å². The molecule has 0 spiro atoms. The number of urea groups is 1. The highest BCUT2D eigenvalue weighted by atomic mass is 16.5. The Bertz CT molecular complexity index is 545. The molecule has 0 radical (unpaired) electrons. The van der Waals surface area contributed by atoms with Crippen molar-refractivity contribution in [2.24, 2.45) is 0 Å². The molecule has 114 valence electrons. The Labute approximate surface area is 121 Å². The molecule has 3 amide bonds. The summed E-state index contributed by atoms with van der Waals surface area (Å²) in [5, 5.41) is 16.4. The maximum Gasteiger partial charge on any atom is 0.339 e. The second-order valence-electron chi connectivity index (χ2n) is 4.02. The number of nitrogens with one attached hydrogen (secondary N) is 3. The van der Waals surface area contributed by atoms with Crippen LogP contribution in [0.4, 0.5) is 10.5 Å². The van der Waals surface area contributed by atoms with E-state index in [2.05, 4.69) is 16.0 Å². The Morgan fingerprint density at radius 1 is 1.29 bits per heavy atom. The highest BCUT2D eigenvalue weighted by Gasteiger charge is 2.12. The number of carboxylic acid groups (broad SMARTS) is 1. The molecule has 0 heterocycles. The molecule has 0 aliphatic rings. The number of methoxy groups -OCH3 is 1. The van der Waals surface area contributed by atoms with Crippen LogP contribution in [0.2, 0.25) is 0 Å². The number of amides is 3. The number of aromatic carboxylic acids is 1. The van der Waals surface area contributed by atoms with Crippen molar-refractivity contribution in [2.75, 3.05) is 26.0 Å². The third-order valence-corrected chi connectivity index (χ3v) is 2.61. The smallest absolute Gasteiger partial charge is 0.339 e. The van der Waals surface area contributed by atoms with E-state index in [1.807, 2.05) is 0 Å². The Hall–Kier alpha value is -2.77. The molecule has 0 unspecified atom stereocenters. The number of carbonyl (C=O) groups excluding carboxylic acids is 2. The maximum atomic E-state index is 11.6. The standard InChI is InChI=1S/C13H17N3O5/c1-14-11(17)5-6-15-13(20)16-8-3-4-9(12(18)19)10(7-8)21-2/h3-4,7H,5-6H2,1-2H3,(H,14,17)(H,18,19)(H2,15,16,20). The van der Waals surface area contributed by atoms with E-state index in [1.165, 1.54) is 32.4 Å². The van der Waals surface area contributed by atoms with Crippen LogP contribution < -0.4 is 20.7 Å². The van der Waals surface area contributed by atoms with Crippen LogP contribution in [0.3, 0.4) is 0 Å². The largest absolute Gasteiger partial charge is 0.496 e. The third kappa shape index (κ3) is 5.01. The lowest BCUT2D eigenvalue weighted by Crippen LogP contribution is -2.32. The molecule has 1 rings (SSSR count). The second-order valence-corrected chi connectivity index (χ2v) is 4.02. The topological polar surface area (TPSA) is 117 Å². The molecule has 0 aromatic heterocycles. The number of rotatable bonds is 6. The molecule has 1 aromatic carbocycles. The molecule has 4 N–H and O–H groups in total. The van der Waals surface area contributed by atoms with Gasteiger partial charge in [0.1, 0.15) is 11.3 Å². The molecule has 0 saturated heterocycles. The average Bonchev–Trinajstić information content (AvgIpc) is 2.46. The zero-order valence-corrected chi connectivity index (χ0v) is 11.7. The van der Waals surface area contributed by atoms with Crippen molar-refractivity contribution < 1.29 is 24.2 Å². The summed E-state index contributed by atoms with van der Waals surface area (Å²) in [6.45, 7) is 0.190.